The molecule has 0 aromatic carbocycles. The third kappa shape index (κ3) is 1.95. The molecule has 0 spiro atoms. The zero-order valence-corrected chi connectivity index (χ0v) is 5.76. The number of hydrogen-bond acceptors (Lipinski definition) is 3. The first-order chi connectivity index (χ1) is 4.10. The van der Waals surface area contributed by atoms with Gasteiger partial charge in [0, 0.05) is 0 Å². The van der Waals surface area contributed by atoms with Crippen LogP contribution in [-0.2, 0) is 9.84 Å². The SMILES string of the molecule is O=S1(=O)CC[CH]C(O)C1. The molecule has 0 saturated carbocycles. The quantitative estimate of drug-likeness (QED) is 0.499. The number of rotatable bonds is 0. The highest BCUT2D eigenvalue weighted by Crippen LogP contribution is 2.09. The second kappa shape index (κ2) is 2.27. The lowest BCUT2D eigenvalue weighted by Gasteiger charge is -2.15. The van der Waals surface area contributed by atoms with E-state index in [1.165, 1.54) is 0 Å². The standard InChI is InChI=1S/C5H9O3S/c6-5-2-1-3-9(7,8)4-5/h2,5-6H,1,3-4H2. The van der Waals surface area contributed by atoms with Gasteiger partial charge in [0.2, 0.25) is 0 Å². The van der Waals surface area contributed by atoms with Crippen LogP contribution in [0.3, 0.4) is 0 Å². The van der Waals surface area contributed by atoms with Crippen molar-refractivity contribution in [1.82, 2.24) is 0 Å². The molecule has 1 atom stereocenters. The largest absolute Gasteiger partial charge is 0.392 e. The molecule has 1 N–H and O–H groups in total. The van der Waals surface area contributed by atoms with Gasteiger partial charge >= 0.3 is 0 Å². The maximum atomic E-state index is 10.7. The van der Waals surface area contributed by atoms with E-state index in [4.69, 9.17) is 5.11 Å². The van der Waals surface area contributed by atoms with Gasteiger partial charge < -0.3 is 5.11 Å². The molecule has 1 radical (unpaired) electrons. The Balaban J connectivity index is 2.62. The van der Waals surface area contributed by atoms with Crippen LogP contribution in [0.1, 0.15) is 6.42 Å². The normalized spacial score (nSPS) is 34.1. The van der Waals surface area contributed by atoms with E-state index < -0.39 is 15.9 Å². The van der Waals surface area contributed by atoms with Crippen molar-refractivity contribution >= 4 is 9.84 Å². The van der Waals surface area contributed by atoms with E-state index in [-0.39, 0.29) is 11.5 Å². The molecular formula is C5H9O3S. The Morgan fingerprint density at radius 3 is 2.56 bits per heavy atom. The predicted molar refractivity (Wildman–Crippen MR) is 33.6 cm³/mol. The zero-order valence-electron chi connectivity index (χ0n) is 4.95. The average molecular weight is 149 g/mol. The fourth-order valence-corrected chi connectivity index (χ4v) is 2.17. The molecule has 1 aliphatic rings. The van der Waals surface area contributed by atoms with Crippen molar-refractivity contribution in [1.29, 1.82) is 0 Å². The van der Waals surface area contributed by atoms with Crippen molar-refractivity contribution in [2.24, 2.45) is 0 Å². The first-order valence-electron chi connectivity index (χ1n) is 2.82. The van der Waals surface area contributed by atoms with Crippen molar-refractivity contribution in [3.05, 3.63) is 6.42 Å². The summed E-state index contributed by atoms with van der Waals surface area (Å²) in [7, 11) is -2.91. The third-order valence-corrected chi connectivity index (χ3v) is 3.00. The summed E-state index contributed by atoms with van der Waals surface area (Å²) in [5.41, 5.74) is 0. The van der Waals surface area contributed by atoms with Crippen molar-refractivity contribution in [3.63, 3.8) is 0 Å². The van der Waals surface area contributed by atoms with Crippen LogP contribution in [0.2, 0.25) is 0 Å². The monoisotopic (exact) mass is 149 g/mol. The van der Waals surface area contributed by atoms with Crippen LogP contribution in [0.15, 0.2) is 0 Å². The highest BCUT2D eigenvalue weighted by molar-refractivity contribution is 7.91. The van der Waals surface area contributed by atoms with Gasteiger partial charge in [0.05, 0.1) is 17.6 Å². The number of hydrogen-bond donors (Lipinski definition) is 1. The predicted octanol–water partition coefficient (Wildman–Crippen LogP) is -0.630. The smallest absolute Gasteiger partial charge is 0.152 e. The Bertz CT molecular complexity index is 182. The van der Waals surface area contributed by atoms with Gasteiger partial charge in [-0.15, -0.1) is 0 Å². The minimum absolute atomic E-state index is 0.0903. The molecule has 53 valence electrons. The summed E-state index contributed by atoms with van der Waals surface area (Å²) in [6.07, 6.45) is 1.38. The molecule has 0 aliphatic carbocycles. The summed E-state index contributed by atoms with van der Waals surface area (Å²) >= 11 is 0. The average Bonchev–Trinajstić information content (AvgIpc) is 1.60. The summed E-state index contributed by atoms with van der Waals surface area (Å²) in [5, 5.41) is 8.81. The lowest BCUT2D eigenvalue weighted by Crippen LogP contribution is -2.29. The van der Waals surface area contributed by atoms with Gasteiger partial charge in [0.25, 0.3) is 0 Å². The van der Waals surface area contributed by atoms with Crippen LogP contribution >= 0.6 is 0 Å². The Morgan fingerprint density at radius 2 is 2.22 bits per heavy atom. The molecule has 0 bridgehead atoms. The molecule has 1 aliphatic heterocycles. The van der Waals surface area contributed by atoms with Crippen LogP contribution in [0.4, 0.5) is 0 Å². The van der Waals surface area contributed by atoms with Gasteiger partial charge in [-0.25, -0.2) is 8.42 Å². The van der Waals surface area contributed by atoms with Crippen molar-refractivity contribution in [2.45, 2.75) is 12.5 Å². The highest BCUT2D eigenvalue weighted by Gasteiger charge is 2.22. The van der Waals surface area contributed by atoms with E-state index in [2.05, 4.69) is 0 Å². The lowest BCUT2D eigenvalue weighted by atomic mass is 10.2. The minimum atomic E-state index is -2.91. The van der Waals surface area contributed by atoms with E-state index in [1.807, 2.05) is 0 Å². The first-order valence-corrected chi connectivity index (χ1v) is 4.64. The van der Waals surface area contributed by atoms with E-state index in [9.17, 15) is 8.42 Å². The lowest BCUT2D eigenvalue weighted by molar-refractivity contribution is 0.223. The first kappa shape index (κ1) is 7.02. The van der Waals surface area contributed by atoms with E-state index in [1.54, 1.807) is 6.42 Å². The van der Waals surface area contributed by atoms with Gasteiger partial charge in [0.15, 0.2) is 9.84 Å². The molecular weight excluding hydrogens is 140 g/mol. The molecule has 0 amide bonds. The summed E-state index contributed by atoms with van der Waals surface area (Å²) in [4.78, 5) is 0. The van der Waals surface area contributed by atoms with E-state index >= 15 is 0 Å². The molecule has 1 heterocycles. The Morgan fingerprint density at radius 1 is 1.56 bits per heavy atom. The molecule has 4 heteroatoms. The summed E-state index contributed by atoms with van der Waals surface area (Å²) in [6.45, 7) is 0. The van der Waals surface area contributed by atoms with Crippen LogP contribution < -0.4 is 0 Å². The second-order valence-corrected chi connectivity index (χ2v) is 4.43. The molecule has 3 nitrogen and oxygen atoms in total. The molecule has 9 heavy (non-hydrogen) atoms. The highest BCUT2D eigenvalue weighted by atomic mass is 32.2. The van der Waals surface area contributed by atoms with Crippen LogP contribution in [0, 0.1) is 6.42 Å². The number of aliphatic hydroxyl groups excluding tert-OH is 1. The van der Waals surface area contributed by atoms with Gasteiger partial charge in [-0.05, 0) is 12.8 Å². The van der Waals surface area contributed by atoms with E-state index in [0.29, 0.717) is 6.42 Å². The maximum Gasteiger partial charge on any atom is 0.152 e. The van der Waals surface area contributed by atoms with Crippen LogP contribution in [-0.4, -0.2) is 31.1 Å². The molecule has 1 fully saturated rings. The Kier molecular flexibility index (Phi) is 1.77. The fourth-order valence-electron chi connectivity index (χ4n) is 0.852. The second-order valence-electron chi connectivity index (χ2n) is 2.21. The Hall–Kier alpha value is -0.0900. The number of aliphatic hydroxyl groups is 1. The third-order valence-electron chi connectivity index (χ3n) is 1.29. The van der Waals surface area contributed by atoms with E-state index in [0.717, 1.165) is 0 Å². The summed E-state index contributed by atoms with van der Waals surface area (Å²) in [6, 6.07) is 0. The van der Waals surface area contributed by atoms with Gasteiger partial charge in [0.1, 0.15) is 0 Å². The zero-order chi connectivity index (χ0) is 6.91. The molecule has 0 aromatic rings. The van der Waals surface area contributed by atoms with Crippen LogP contribution in [0.25, 0.3) is 0 Å². The molecule has 0 aromatic heterocycles. The van der Waals surface area contributed by atoms with Crippen LogP contribution in [0.5, 0.6) is 0 Å². The van der Waals surface area contributed by atoms with Crippen molar-refractivity contribution in [2.75, 3.05) is 11.5 Å². The number of sulfone groups is 1. The topological polar surface area (TPSA) is 54.4 Å². The minimum Gasteiger partial charge on any atom is -0.392 e. The summed E-state index contributed by atoms with van der Waals surface area (Å²) < 4.78 is 21.4. The fraction of sp³-hybridized carbons (Fsp3) is 0.800. The summed E-state index contributed by atoms with van der Waals surface area (Å²) in [5.74, 6) is 0.108. The molecule has 1 saturated heterocycles. The van der Waals surface area contributed by atoms with Gasteiger partial charge in [-0.2, -0.15) is 0 Å². The van der Waals surface area contributed by atoms with Gasteiger partial charge in [-0.3, -0.25) is 0 Å². The van der Waals surface area contributed by atoms with Crippen molar-refractivity contribution < 1.29 is 13.5 Å². The van der Waals surface area contributed by atoms with Crippen molar-refractivity contribution in [3.8, 4) is 0 Å². The Labute approximate surface area is 54.6 Å². The molecule has 1 rings (SSSR count). The van der Waals surface area contributed by atoms with Gasteiger partial charge in [-0.1, -0.05) is 0 Å². The molecule has 1 unspecified atom stereocenters. The maximum absolute atomic E-state index is 10.7.